The molecule has 13 heavy (non-hydrogen) atoms. The van der Waals surface area contributed by atoms with E-state index in [1.54, 1.807) is 0 Å². The third kappa shape index (κ3) is 1.73. The fourth-order valence-corrected chi connectivity index (χ4v) is 0.761. The molecule has 4 nitrogen and oxygen atoms in total. The molecule has 0 N–H and O–H groups in total. The molecule has 0 aromatic carbocycles. The highest BCUT2D eigenvalue weighted by atomic mass is 19.4. The molecule has 1 heterocycles. The molecule has 74 valence electrons. The van der Waals surface area contributed by atoms with Gasteiger partial charge in [0.15, 0.2) is 0 Å². The van der Waals surface area contributed by atoms with Gasteiger partial charge in [-0.25, -0.2) is 0 Å². The highest BCUT2D eigenvalue weighted by molar-refractivity contribution is 5.93. The number of cyclic esters (lactones) is 2. The number of carbonyl (C=O) groups is 2. The molecule has 7 heteroatoms. The van der Waals surface area contributed by atoms with Crippen LogP contribution in [0.4, 0.5) is 13.2 Å². The Balaban J connectivity index is 2.91. The highest BCUT2D eigenvalue weighted by Gasteiger charge is 2.60. The molecule has 1 rings (SSSR count). The maximum Gasteiger partial charge on any atom is 0.467 e. The van der Waals surface area contributed by atoms with E-state index in [4.69, 9.17) is 0 Å². The average Bonchev–Trinajstić information content (AvgIpc) is 1.79. The Hall–Kier alpha value is -1.27. The summed E-state index contributed by atoms with van der Waals surface area (Å²) in [6.07, 6.45) is -5.70. The van der Waals surface area contributed by atoms with Gasteiger partial charge in [0.05, 0.1) is 0 Å². The van der Waals surface area contributed by atoms with Gasteiger partial charge in [0.2, 0.25) is 0 Å². The number of hydrogen-bond acceptors (Lipinski definition) is 4. The van der Waals surface area contributed by atoms with Crippen LogP contribution in [-0.4, -0.2) is 23.9 Å². The number of esters is 2. The first-order valence-electron chi connectivity index (χ1n) is 3.25. The Morgan fingerprint density at radius 3 is 1.92 bits per heavy atom. The summed E-state index contributed by atoms with van der Waals surface area (Å²) in [5.41, 5.74) is 0. The first-order chi connectivity index (χ1) is 5.74. The molecule has 0 atom stereocenters. The van der Waals surface area contributed by atoms with Crippen LogP contribution < -0.4 is 0 Å². The Labute approximate surface area is 70.6 Å². The molecular formula is C6H5F3O4. The molecule has 0 aliphatic carbocycles. The third-order valence-electron chi connectivity index (χ3n) is 1.42. The minimum Gasteiger partial charge on any atom is -0.413 e. The predicted octanol–water partition coefficient (Wildman–Crippen LogP) is 0.755. The first-order valence-corrected chi connectivity index (χ1v) is 3.25. The number of alkyl halides is 3. The zero-order valence-corrected chi connectivity index (χ0v) is 6.47. The van der Waals surface area contributed by atoms with Gasteiger partial charge < -0.3 is 9.47 Å². The van der Waals surface area contributed by atoms with Crippen LogP contribution in [0.3, 0.4) is 0 Å². The second kappa shape index (κ2) is 2.61. The van der Waals surface area contributed by atoms with Gasteiger partial charge in [-0.05, 0) is 0 Å². The molecule has 0 saturated carbocycles. The van der Waals surface area contributed by atoms with Crippen LogP contribution in [0.1, 0.15) is 13.3 Å². The van der Waals surface area contributed by atoms with Crippen molar-refractivity contribution < 1.29 is 32.2 Å². The lowest BCUT2D eigenvalue weighted by Crippen LogP contribution is -2.53. The molecule has 0 bridgehead atoms. The van der Waals surface area contributed by atoms with Gasteiger partial charge in [-0.15, -0.1) is 0 Å². The summed E-state index contributed by atoms with van der Waals surface area (Å²) in [6, 6.07) is 0. The Morgan fingerprint density at radius 1 is 1.23 bits per heavy atom. The summed E-state index contributed by atoms with van der Waals surface area (Å²) in [6.45, 7) is 0.474. The van der Waals surface area contributed by atoms with Crippen LogP contribution in [0.2, 0.25) is 0 Å². The van der Waals surface area contributed by atoms with Crippen LogP contribution in [0.15, 0.2) is 0 Å². The second-order valence-corrected chi connectivity index (χ2v) is 2.57. The fourth-order valence-electron chi connectivity index (χ4n) is 0.761. The fraction of sp³-hybridized carbons (Fsp3) is 0.667. The third-order valence-corrected chi connectivity index (χ3v) is 1.42. The number of hydrogen-bond donors (Lipinski definition) is 0. The van der Waals surface area contributed by atoms with Crippen LogP contribution in [0.5, 0.6) is 0 Å². The Morgan fingerprint density at radius 2 is 1.62 bits per heavy atom. The predicted molar refractivity (Wildman–Crippen MR) is 31.3 cm³/mol. The standard InChI is InChI=1S/C6H5F3O4/c1-5(6(7,8)9)12-3(10)2-4(11)13-5/h2H2,1H3. The number of rotatable bonds is 0. The summed E-state index contributed by atoms with van der Waals surface area (Å²) in [5, 5.41) is 0. The lowest BCUT2D eigenvalue weighted by atomic mass is 10.2. The summed E-state index contributed by atoms with van der Waals surface area (Å²) < 4.78 is 44.2. The second-order valence-electron chi connectivity index (χ2n) is 2.57. The molecule has 0 aromatic rings. The summed E-state index contributed by atoms with van der Waals surface area (Å²) in [5.74, 6) is -5.62. The van der Waals surface area contributed by atoms with Gasteiger partial charge in [-0.3, -0.25) is 9.59 Å². The number of ether oxygens (including phenoxy) is 2. The van der Waals surface area contributed by atoms with Crippen LogP contribution in [0.25, 0.3) is 0 Å². The van der Waals surface area contributed by atoms with Crippen molar-refractivity contribution in [3.63, 3.8) is 0 Å². The number of carbonyl (C=O) groups excluding carboxylic acids is 2. The highest BCUT2D eigenvalue weighted by Crippen LogP contribution is 2.37. The molecule has 0 radical (unpaired) electrons. The van der Waals surface area contributed by atoms with Crippen molar-refractivity contribution in [1.82, 2.24) is 0 Å². The molecule has 1 aliphatic heterocycles. The molecule has 1 aliphatic rings. The van der Waals surface area contributed by atoms with Gasteiger partial charge in [0.25, 0.3) is 0 Å². The van der Waals surface area contributed by atoms with Gasteiger partial charge in [0.1, 0.15) is 6.42 Å². The molecule has 0 aromatic heterocycles. The van der Waals surface area contributed by atoms with Crippen molar-refractivity contribution in [1.29, 1.82) is 0 Å². The first kappa shape index (κ1) is 9.82. The minimum absolute atomic E-state index is 0.474. The van der Waals surface area contributed by atoms with Crippen molar-refractivity contribution in [2.45, 2.75) is 25.3 Å². The Bertz CT molecular complexity index is 241. The van der Waals surface area contributed by atoms with Gasteiger partial charge >= 0.3 is 23.9 Å². The smallest absolute Gasteiger partial charge is 0.413 e. The molecule has 1 fully saturated rings. The van der Waals surface area contributed by atoms with Crippen molar-refractivity contribution >= 4 is 11.9 Å². The van der Waals surface area contributed by atoms with E-state index in [2.05, 4.69) is 9.47 Å². The van der Waals surface area contributed by atoms with E-state index in [1.165, 1.54) is 0 Å². The molecule has 1 saturated heterocycles. The Kier molecular flexibility index (Phi) is 1.97. The zero-order valence-electron chi connectivity index (χ0n) is 6.47. The maximum absolute atomic E-state index is 12.1. The molecular weight excluding hydrogens is 193 g/mol. The minimum atomic E-state index is -4.92. The van der Waals surface area contributed by atoms with Gasteiger partial charge in [-0.1, -0.05) is 0 Å². The zero-order chi connectivity index (χ0) is 10.3. The van der Waals surface area contributed by atoms with Crippen molar-refractivity contribution in [3.8, 4) is 0 Å². The van der Waals surface area contributed by atoms with Gasteiger partial charge in [0, 0.05) is 6.92 Å². The van der Waals surface area contributed by atoms with Gasteiger partial charge in [-0.2, -0.15) is 13.2 Å². The van der Waals surface area contributed by atoms with E-state index < -0.39 is 30.3 Å². The van der Waals surface area contributed by atoms with Crippen LogP contribution >= 0.6 is 0 Å². The van der Waals surface area contributed by atoms with E-state index in [-0.39, 0.29) is 0 Å². The lowest BCUT2D eigenvalue weighted by Gasteiger charge is -2.33. The SMILES string of the molecule is CC1(C(F)(F)F)OC(=O)CC(=O)O1. The normalized spacial score (nSPS) is 22.2. The van der Waals surface area contributed by atoms with Crippen molar-refractivity contribution in [2.24, 2.45) is 0 Å². The molecule has 0 spiro atoms. The van der Waals surface area contributed by atoms with E-state index >= 15 is 0 Å². The largest absolute Gasteiger partial charge is 0.467 e. The van der Waals surface area contributed by atoms with E-state index in [0.29, 0.717) is 6.92 Å². The summed E-state index contributed by atoms with van der Waals surface area (Å²) in [7, 11) is 0. The van der Waals surface area contributed by atoms with Crippen LogP contribution in [0, 0.1) is 0 Å². The summed E-state index contributed by atoms with van der Waals surface area (Å²) >= 11 is 0. The topological polar surface area (TPSA) is 52.6 Å². The van der Waals surface area contributed by atoms with Crippen LogP contribution in [-0.2, 0) is 19.1 Å². The summed E-state index contributed by atoms with van der Waals surface area (Å²) in [4.78, 5) is 21.0. The monoisotopic (exact) mass is 198 g/mol. The van der Waals surface area contributed by atoms with Crippen molar-refractivity contribution in [3.05, 3.63) is 0 Å². The maximum atomic E-state index is 12.1. The quantitative estimate of drug-likeness (QED) is 0.425. The van der Waals surface area contributed by atoms with E-state index in [1.807, 2.05) is 0 Å². The van der Waals surface area contributed by atoms with E-state index in [0.717, 1.165) is 0 Å². The molecule has 0 unspecified atom stereocenters. The number of halogens is 3. The van der Waals surface area contributed by atoms with Crippen molar-refractivity contribution in [2.75, 3.05) is 0 Å². The molecule has 0 amide bonds. The van der Waals surface area contributed by atoms with E-state index in [9.17, 15) is 22.8 Å². The lowest BCUT2D eigenvalue weighted by molar-refractivity contribution is -0.353. The average molecular weight is 198 g/mol.